The Balaban J connectivity index is 2.55. The highest BCUT2D eigenvalue weighted by Crippen LogP contribution is 2.43. The molecule has 1 aliphatic rings. The first-order chi connectivity index (χ1) is 9.49. The first kappa shape index (κ1) is 14.7. The molecule has 1 aromatic carbocycles. The molecule has 0 amide bonds. The van der Waals surface area contributed by atoms with Crippen LogP contribution in [0.5, 0.6) is 0 Å². The van der Waals surface area contributed by atoms with Crippen LogP contribution in [-0.4, -0.2) is 10.1 Å². The van der Waals surface area contributed by atoms with Crippen molar-refractivity contribution in [3.05, 3.63) is 34.1 Å². The minimum atomic E-state index is -0.795. The molecule has 0 spiro atoms. The van der Waals surface area contributed by atoms with Crippen LogP contribution in [0.15, 0.2) is 22.7 Å². The molecular formula is C13H8BrFN4S. The van der Waals surface area contributed by atoms with Crippen LogP contribution in [0.1, 0.15) is 11.5 Å². The van der Waals surface area contributed by atoms with Crippen LogP contribution in [0.2, 0.25) is 0 Å². The smallest absolute Gasteiger partial charge is 0.137 e. The van der Waals surface area contributed by atoms with E-state index in [1.807, 2.05) is 12.1 Å². The number of halogens is 2. The van der Waals surface area contributed by atoms with E-state index in [1.165, 1.54) is 18.2 Å². The van der Waals surface area contributed by atoms with Gasteiger partial charge in [-0.3, -0.25) is 10.8 Å². The van der Waals surface area contributed by atoms with E-state index < -0.39 is 23.6 Å². The lowest BCUT2D eigenvalue weighted by Gasteiger charge is -2.31. The summed E-state index contributed by atoms with van der Waals surface area (Å²) in [6, 6.07) is 8.29. The normalized spacial score (nSPS) is 25.9. The second-order valence-corrected chi connectivity index (χ2v) is 6.18. The zero-order valence-electron chi connectivity index (χ0n) is 10.0. The van der Waals surface area contributed by atoms with Crippen molar-refractivity contribution in [2.75, 3.05) is 0 Å². The first-order valence-electron chi connectivity index (χ1n) is 5.58. The van der Waals surface area contributed by atoms with Crippen molar-refractivity contribution < 1.29 is 4.39 Å². The van der Waals surface area contributed by atoms with E-state index in [4.69, 9.17) is 10.8 Å². The quantitative estimate of drug-likeness (QED) is 0.808. The zero-order valence-corrected chi connectivity index (χ0v) is 12.4. The van der Waals surface area contributed by atoms with Gasteiger partial charge in [-0.25, -0.2) is 4.39 Å². The van der Waals surface area contributed by atoms with Gasteiger partial charge < -0.3 is 0 Å². The molecule has 1 heterocycles. The summed E-state index contributed by atoms with van der Waals surface area (Å²) in [4.78, 5) is 0. The molecule has 1 aromatic rings. The van der Waals surface area contributed by atoms with Gasteiger partial charge in [0, 0.05) is 5.92 Å². The Labute approximate surface area is 127 Å². The molecule has 2 N–H and O–H groups in total. The fourth-order valence-corrected chi connectivity index (χ4v) is 3.43. The highest BCUT2D eigenvalue weighted by atomic mass is 79.9. The van der Waals surface area contributed by atoms with Crippen LogP contribution in [0.25, 0.3) is 0 Å². The maximum absolute atomic E-state index is 13.3. The van der Waals surface area contributed by atoms with Crippen molar-refractivity contribution in [1.82, 2.24) is 0 Å². The van der Waals surface area contributed by atoms with Gasteiger partial charge in [0.25, 0.3) is 0 Å². The maximum Gasteiger partial charge on any atom is 0.137 e. The van der Waals surface area contributed by atoms with Crippen LogP contribution in [0, 0.1) is 51.1 Å². The van der Waals surface area contributed by atoms with E-state index >= 15 is 0 Å². The molecule has 7 heteroatoms. The second kappa shape index (κ2) is 5.74. The van der Waals surface area contributed by atoms with E-state index in [2.05, 4.69) is 15.9 Å². The van der Waals surface area contributed by atoms with E-state index in [0.29, 0.717) is 5.56 Å². The Morgan fingerprint density at radius 3 is 2.15 bits per heavy atom. The van der Waals surface area contributed by atoms with Crippen molar-refractivity contribution in [2.24, 2.45) is 11.8 Å². The molecular weight excluding hydrogens is 343 g/mol. The zero-order chi connectivity index (χ0) is 14.9. The predicted octanol–water partition coefficient (Wildman–Crippen LogP) is 3.65. The summed E-state index contributed by atoms with van der Waals surface area (Å²) in [5.41, 5.74) is 0.575. The third-order valence-electron chi connectivity index (χ3n) is 3.11. The van der Waals surface area contributed by atoms with Crippen molar-refractivity contribution in [3.63, 3.8) is 0 Å². The Hall–Kier alpha value is -1.70. The number of nitriles is 2. The second-order valence-electron chi connectivity index (χ2n) is 4.24. The van der Waals surface area contributed by atoms with Gasteiger partial charge in [-0.05, 0) is 33.6 Å². The average Bonchev–Trinajstić information content (AvgIpc) is 2.41. The predicted molar refractivity (Wildman–Crippen MR) is 78.1 cm³/mol. The van der Waals surface area contributed by atoms with Gasteiger partial charge in [0.1, 0.15) is 17.7 Å². The Bertz CT molecular complexity index is 644. The molecule has 4 nitrogen and oxygen atoms in total. The SMILES string of the molecule is N#CC1C(=N)SC(=N)C(C#N)C1c1ccc(F)c(Br)c1. The fourth-order valence-electron chi connectivity index (χ4n) is 2.15. The van der Waals surface area contributed by atoms with Gasteiger partial charge in [-0.15, -0.1) is 0 Å². The van der Waals surface area contributed by atoms with E-state index in [1.54, 1.807) is 0 Å². The average molecular weight is 351 g/mol. The maximum atomic E-state index is 13.3. The number of nitrogens with one attached hydrogen (secondary N) is 2. The summed E-state index contributed by atoms with van der Waals surface area (Å²) >= 11 is 3.92. The largest absolute Gasteiger partial charge is 0.297 e. The van der Waals surface area contributed by atoms with E-state index in [-0.39, 0.29) is 14.6 Å². The third-order valence-corrected chi connectivity index (χ3v) is 4.67. The first-order valence-corrected chi connectivity index (χ1v) is 7.19. The summed E-state index contributed by atoms with van der Waals surface area (Å²) in [6.45, 7) is 0. The van der Waals surface area contributed by atoms with Crippen molar-refractivity contribution in [1.29, 1.82) is 21.3 Å². The Kier molecular flexibility index (Phi) is 4.22. The minimum Gasteiger partial charge on any atom is -0.297 e. The number of hydrogen-bond acceptors (Lipinski definition) is 5. The van der Waals surface area contributed by atoms with Gasteiger partial charge in [0.05, 0.1) is 26.7 Å². The van der Waals surface area contributed by atoms with E-state index in [0.717, 1.165) is 11.8 Å². The molecule has 2 atom stereocenters. The van der Waals surface area contributed by atoms with Gasteiger partial charge in [-0.2, -0.15) is 10.5 Å². The number of nitrogens with zero attached hydrogens (tertiary/aromatic N) is 2. The van der Waals surface area contributed by atoms with E-state index in [9.17, 15) is 14.9 Å². The monoisotopic (exact) mass is 350 g/mol. The summed E-state index contributed by atoms with van der Waals surface area (Å²) in [5, 5.41) is 34.2. The van der Waals surface area contributed by atoms with Gasteiger partial charge in [0.2, 0.25) is 0 Å². The number of benzene rings is 1. The summed E-state index contributed by atoms with van der Waals surface area (Å²) in [6.07, 6.45) is 0. The molecule has 1 fully saturated rings. The molecule has 0 radical (unpaired) electrons. The number of rotatable bonds is 1. The van der Waals surface area contributed by atoms with Crippen molar-refractivity contribution in [2.45, 2.75) is 5.92 Å². The molecule has 2 rings (SSSR count). The van der Waals surface area contributed by atoms with Crippen LogP contribution >= 0.6 is 27.7 Å². The molecule has 0 bridgehead atoms. The van der Waals surface area contributed by atoms with Crippen LogP contribution < -0.4 is 0 Å². The standard InChI is InChI=1S/C13H8BrFN4S/c14-9-3-6(1-2-10(9)15)11-7(4-16)12(18)20-13(19)8(11)5-17/h1-3,7-8,11,18-19H. The van der Waals surface area contributed by atoms with Gasteiger partial charge in [-0.1, -0.05) is 17.8 Å². The molecule has 0 aromatic heterocycles. The van der Waals surface area contributed by atoms with Crippen LogP contribution in [-0.2, 0) is 0 Å². The van der Waals surface area contributed by atoms with Crippen molar-refractivity contribution >= 4 is 37.8 Å². The van der Waals surface area contributed by atoms with Crippen LogP contribution in [0.3, 0.4) is 0 Å². The van der Waals surface area contributed by atoms with Gasteiger partial charge >= 0.3 is 0 Å². The number of thioether (sulfide) groups is 1. The van der Waals surface area contributed by atoms with Gasteiger partial charge in [0.15, 0.2) is 0 Å². The van der Waals surface area contributed by atoms with Crippen LogP contribution in [0.4, 0.5) is 4.39 Å². The Morgan fingerprint density at radius 2 is 1.70 bits per heavy atom. The Morgan fingerprint density at radius 1 is 1.15 bits per heavy atom. The summed E-state index contributed by atoms with van der Waals surface area (Å²) < 4.78 is 13.5. The third kappa shape index (κ3) is 2.47. The highest BCUT2D eigenvalue weighted by molar-refractivity contribution is 9.10. The summed E-state index contributed by atoms with van der Waals surface area (Å²) in [7, 11) is 0. The lowest BCUT2D eigenvalue weighted by atomic mass is 9.78. The number of hydrogen-bond donors (Lipinski definition) is 2. The lowest BCUT2D eigenvalue weighted by molar-refractivity contribution is 0.571. The fraction of sp³-hybridized carbons (Fsp3) is 0.231. The highest BCUT2D eigenvalue weighted by Gasteiger charge is 2.42. The van der Waals surface area contributed by atoms with Crippen molar-refractivity contribution in [3.8, 4) is 12.1 Å². The molecule has 1 aliphatic heterocycles. The molecule has 20 heavy (non-hydrogen) atoms. The molecule has 100 valence electrons. The molecule has 0 saturated carbocycles. The minimum absolute atomic E-state index is 0.0504. The lowest BCUT2D eigenvalue weighted by Crippen LogP contribution is -2.34. The topological polar surface area (TPSA) is 95.3 Å². The molecule has 2 unspecified atom stereocenters. The molecule has 0 aliphatic carbocycles. The summed E-state index contributed by atoms with van der Waals surface area (Å²) in [5.74, 6) is -2.65. The molecule has 1 saturated heterocycles.